The van der Waals surface area contributed by atoms with E-state index < -0.39 is 0 Å². The van der Waals surface area contributed by atoms with Crippen LogP contribution in [0.1, 0.15) is 49.4 Å². The van der Waals surface area contributed by atoms with Crippen LogP contribution in [-0.2, 0) is 22.6 Å². The molecule has 1 aromatic heterocycles. The zero-order valence-corrected chi connectivity index (χ0v) is 16.4. The average Bonchev–Trinajstić information content (AvgIpc) is 3.05. The van der Waals surface area contributed by atoms with E-state index >= 15 is 0 Å². The third kappa shape index (κ3) is 6.34. The van der Waals surface area contributed by atoms with Crippen LogP contribution in [0, 0.1) is 6.92 Å². The van der Waals surface area contributed by atoms with Gasteiger partial charge in [-0.15, -0.1) is 0 Å². The molecule has 1 amide bonds. The molecular weight excluding hydrogens is 324 g/mol. The maximum atomic E-state index is 12.6. The summed E-state index contributed by atoms with van der Waals surface area (Å²) in [7, 11) is 1.68. The van der Waals surface area contributed by atoms with Crippen LogP contribution in [0.3, 0.4) is 0 Å². The molecular formula is C22H32N2O2. The van der Waals surface area contributed by atoms with Crippen LogP contribution in [0.5, 0.6) is 0 Å². The largest absolute Gasteiger partial charge is 0.383 e. The third-order valence-electron chi connectivity index (χ3n) is 4.62. The second kappa shape index (κ2) is 10.8. The minimum Gasteiger partial charge on any atom is -0.383 e. The average molecular weight is 357 g/mol. The molecule has 1 aromatic carbocycles. The summed E-state index contributed by atoms with van der Waals surface area (Å²) in [6.07, 6.45) is 5.91. The maximum Gasteiger partial charge on any atom is 0.222 e. The molecule has 0 spiro atoms. The molecule has 0 bridgehead atoms. The summed E-state index contributed by atoms with van der Waals surface area (Å²) >= 11 is 0. The van der Waals surface area contributed by atoms with Crippen molar-refractivity contribution < 1.29 is 9.53 Å². The summed E-state index contributed by atoms with van der Waals surface area (Å²) < 4.78 is 7.44. The van der Waals surface area contributed by atoms with Crippen molar-refractivity contribution >= 4 is 5.91 Å². The number of amides is 1. The van der Waals surface area contributed by atoms with E-state index in [2.05, 4.69) is 61.0 Å². The first-order chi connectivity index (χ1) is 12.6. The number of methoxy groups -OCH3 is 1. The number of ether oxygens (including phenoxy) is 1. The molecule has 0 atom stereocenters. The van der Waals surface area contributed by atoms with E-state index in [1.807, 2.05) is 4.90 Å². The predicted octanol–water partition coefficient (Wildman–Crippen LogP) is 4.40. The lowest BCUT2D eigenvalue weighted by Crippen LogP contribution is -2.34. The monoisotopic (exact) mass is 356 g/mol. The van der Waals surface area contributed by atoms with Gasteiger partial charge in [-0.2, -0.15) is 0 Å². The quantitative estimate of drug-likeness (QED) is 0.559. The molecule has 2 rings (SSSR count). The van der Waals surface area contributed by atoms with Crippen molar-refractivity contribution in [1.29, 1.82) is 0 Å². The first kappa shape index (κ1) is 20.2. The molecule has 0 radical (unpaired) electrons. The number of unbranched alkanes of at least 4 members (excludes halogenated alkanes) is 2. The van der Waals surface area contributed by atoms with Crippen molar-refractivity contribution in [2.45, 2.75) is 52.6 Å². The topological polar surface area (TPSA) is 34.5 Å². The Labute approximate surface area is 157 Å². The second-order valence-electron chi connectivity index (χ2n) is 6.88. The first-order valence-electron chi connectivity index (χ1n) is 9.60. The molecule has 0 fully saturated rings. The zero-order valence-electron chi connectivity index (χ0n) is 16.4. The van der Waals surface area contributed by atoms with Gasteiger partial charge in [0.25, 0.3) is 0 Å². The molecule has 0 aliphatic heterocycles. The molecule has 0 aliphatic carbocycles. The Balaban J connectivity index is 2.05. The van der Waals surface area contributed by atoms with E-state index in [0.29, 0.717) is 26.1 Å². The van der Waals surface area contributed by atoms with Crippen LogP contribution in [0.4, 0.5) is 0 Å². The molecule has 4 heteroatoms. The fraction of sp³-hybridized carbons (Fsp3) is 0.500. The van der Waals surface area contributed by atoms with Gasteiger partial charge < -0.3 is 14.2 Å². The summed E-state index contributed by atoms with van der Waals surface area (Å²) in [6.45, 7) is 6.93. The first-order valence-corrected chi connectivity index (χ1v) is 9.60. The lowest BCUT2D eigenvalue weighted by atomic mass is 10.1. The second-order valence-corrected chi connectivity index (χ2v) is 6.88. The Bertz CT molecular complexity index is 678. The Kier molecular flexibility index (Phi) is 8.42. The standard InChI is InChI=1S/C22H32N2O2/c1-4-5-6-12-22(25)24(14-15-26-3)18-21-11-8-13-23(21)17-20-10-7-9-19(2)16-20/h7-11,13,16H,4-6,12,14-15,17-18H2,1-3H3. The smallest absolute Gasteiger partial charge is 0.222 e. The van der Waals surface area contributed by atoms with Gasteiger partial charge in [0.15, 0.2) is 0 Å². The van der Waals surface area contributed by atoms with Crippen LogP contribution in [0.25, 0.3) is 0 Å². The molecule has 0 saturated heterocycles. The summed E-state index contributed by atoms with van der Waals surface area (Å²) in [5.74, 6) is 0.221. The number of aromatic nitrogens is 1. The normalized spacial score (nSPS) is 10.9. The lowest BCUT2D eigenvalue weighted by Gasteiger charge is -2.23. The third-order valence-corrected chi connectivity index (χ3v) is 4.62. The molecule has 4 nitrogen and oxygen atoms in total. The molecule has 0 N–H and O–H groups in total. The maximum absolute atomic E-state index is 12.6. The number of nitrogens with zero attached hydrogens (tertiary/aromatic N) is 2. The molecule has 0 aliphatic rings. The van der Waals surface area contributed by atoms with Gasteiger partial charge in [0.2, 0.25) is 5.91 Å². The Morgan fingerprint density at radius 2 is 2.04 bits per heavy atom. The highest BCUT2D eigenvalue weighted by molar-refractivity contribution is 5.76. The van der Waals surface area contributed by atoms with Crippen molar-refractivity contribution in [1.82, 2.24) is 9.47 Å². The van der Waals surface area contributed by atoms with Crippen LogP contribution in [-0.4, -0.2) is 35.6 Å². The number of hydrogen-bond acceptors (Lipinski definition) is 2. The zero-order chi connectivity index (χ0) is 18.8. The van der Waals surface area contributed by atoms with Crippen molar-refractivity contribution in [3.8, 4) is 0 Å². The van der Waals surface area contributed by atoms with Crippen molar-refractivity contribution in [2.24, 2.45) is 0 Å². The molecule has 26 heavy (non-hydrogen) atoms. The van der Waals surface area contributed by atoms with Crippen LogP contribution < -0.4 is 0 Å². The van der Waals surface area contributed by atoms with Crippen LogP contribution in [0.2, 0.25) is 0 Å². The number of carbonyl (C=O) groups is 1. The molecule has 0 unspecified atom stereocenters. The highest BCUT2D eigenvalue weighted by Gasteiger charge is 2.15. The van der Waals surface area contributed by atoms with E-state index in [1.165, 1.54) is 11.1 Å². The fourth-order valence-electron chi connectivity index (χ4n) is 3.13. The van der Waals surface area contributed by atoms with Gasteiger partial charge in [-0.1, -0.05) is 49.6 Å². The molecule has 0 saturated carbocycles. The molecule has 1 heterocycles. The summed E-state index contributed by atoms with van der Waals surface area (Å²) in [5, 5.41) is 0. The van der Waals surface area contributed by atoms with Gasteiger partial charge in [0.1, 0.15) is 0 Å². The highest BCUT2D eigenvalue weighted by Crippen LogP contribution is 2.13. The van der Waals surface area contributed by atoms with Crippen molar-refractivity contribution in [3.05, 3.63) is 59.4 Å². The van der Waals surface area contributed by atoms with Gasteiger partial charge in [-0.3, -0.25) is 4.79 Å². The number of hydrogen-bond donors (Lipinski definition) is 0. The number of aryl methyl sites for hydroxylation is 1. The summed E-state index contributed by atoms with van der Waals surface area (Å²) in [6, 6.07) is 12.7. The van der Waals surface area contributed by atoms with Crippen molar-refractivity contribution in [3.63, 3.8) is 0 Å². The van der Waals surface area contributed by atoms with E-state index in [4.69, 9.17) is 4.74 Å². The minimum absolute atomic E-state index is 0.221. The van der Waals surface area contributed by atoms with Crippen LogP contribution in [0.15, 0.2) is 42.6 Å². The lowest BCUT2D eigenvalue weighted by molar-refractivity contribution is -0.132. The minimum atomic E-state index is 0.221. The van der Waals surface area contributed by atoms with E-state index in [9.17, 15) is 4.79 Å². The van der Waals surface area contributed by atoms with Gasteiger partial charge in [-0.25, -0.2) is 0 Å². The number of rotatable bonds is 11. The highest BCUT2D eigenvalue weighted by atomic mass is 16.5. The van der Waals surface area contributed by atoms with Gasteiger partial charge in [-0.05, 0) is 31.0 Å². The van der Waals surface area contributed by atoms with Gasteiger partial charge >= 0.3 is 0 Å². The van der Waals surface area contributed by atoms with E-state index in [1.54, 1.807) is 7.11 Å². The van der Waals surface area contributed by atoms with Gasteiger partial charge in [0.05, 0.1) is 13.2 Å². The summed E-state index contributed by atoms with van der Waals surface area (Å²) in [4.78, 5) is 14.6. The number of carbonyl (C=O) groups excluding carboxylic acids is 1. The van der Waals surface area contributed by atoms with Gasteiger partial charge in [0, 0.05) is 38.5 Å². The van der Waals surface area contributed by atoms with Crippen molar-refractivity contribution in [2.75, 3.05) is 20.3 Å². The Morgan fingerprint density at radius 3 is 2.77 bits per heavy atom. The van der Waals surface area contributed by atoms with E-state index in [0.717, 1.165) is 31.5 Å². The molecule has 142 valence electrons. The predicted molar refractivity (Wildman–Crippen MR) is 106 cm³/mol. The van der Waals surface area contributed by atoms with E-state index in [-0.39, 0.29) is 5.91 Å². The van der Waals surface area contributed by atoms with Crippen LogP contribution >= 0.6 is 0 Å². The molecule has 2 aromatic rings. The summed E-state index contributed by atoms with van der Waals surface area (Å²) in [5.41, 5.74) is 3.70. The Morgan fingerprint density at radius 1 is 1.19 bits per heavy atom. The SMILES string of the molecule is CCCCCC(=O)N(CCOC)Cc1cccn1Cc1cccc(C)c1. The fourth-order valence-corrected chi connectivity index (χ4v) is 3.13. The number of benzene rings is 1. The Hall–Kier alpha value is -2.07.